The van der Waals surface area contributed by atoms with E-state index < -0.39 is 0 Å². The van der Waals surface area contributed by atoms with Gasteiger partial charge in [0, 0.05) is 12.7 Å². The zero-order valence-corrected chi connectivity index (χ0v) is 11.2. The summed E-state index contributed by atoms with van der Waals surface area (Å²) in [6.07, 6.45) is 2.53. The SMILES string of the molecule is CCCNc1ccccc1NC(=O)c1c[nH]c(C#N)c1. The van der Waals surface area contributed by atoms with E-state index in [0.29, 0.717) is 11.3 Å². The Morgan fingerprint density at radius 3 is 2.75 bits per heavy atom. The average molecular weight is 268 g/mol. The number of para-hydroxylation sites is 2. The van der Waals surface area contributed by atoms with Crippen LogP contribution < -0.4 is 10.6 Å². The van der Waals surface area contributed by atoms with Gasteiger partial charge in [0.15, 0.2) is 0 Å². The van der Waals surface area contributed by atoms with Gasteiger partial charge in [0.2, 0.25) is 0 Å². The minimum Gasteiger partial charge on any atom is -0.383 e. The van der Waals surface area contributed by atoms with Crippen molar-refractivity contribution < 1.29 is 4.79 Å². The maximum absolute atomic E-state index is 12.1. The molecule has 2 rings (SSSR count). The second-order valence-corrected chi connectivity index (χ2v) is 4.34. The number of amides is 1. The highest BCUT2D eigenvalue weighted by Gasteiger charge is 2.10. The Kier molecular flexibility index (Phi) is 4.40. The number of H-pyrrole nitrogens is 1. The monoisotopic (exact) mass is 268 g/mol. The smallest absolute Gasteiger partial charge is 0.257 e. The highest BCUT2D eigenvalue weighted by Crippen LogP contribution is 2.21. The number of nitrogens with zero attached hydrogens (tertiary/aromatic N) is 1. The van der Waals surface area contributed by atoms with Crippen LogP contribution in [-0.2, 0) is 0 Å². The number of aromatic amines is 1. The van der Waals surface area contributed by atoms with Crippen molar-refractivity contribution >= 4 is 17.3 Å². The van der Waals surface area contributed by atoms with Crippen molar-refractivity contribution in [1.29, 1.82) is 5.26 Å². The molecule has 0 spiro atoms. The van der Waals surface area contributed by atoms with Crippen molar-refractivity contribution in [2.45, 2.75) is 13.3 Å². The first-order chi connectivity index (χ1) is 9.74. The fraction of sp³-hybridized carbons (Fsp3) is 0.200. The average Bonchev–Trinajstić information content (AvgIpc) is 2.95. The molecule has 0 aliphatic heterocycles. The molecule has 0 unspecified atom stereocenters. The quantitative estimate of drug-likeness (QED) is 0.779. The zero-order chi connectivity index (χ0) is 14.4. The Labute approximate surface area is 117 Å². The lowest BCUT2D eigenvalue weighted by Gasteiger charge is -2.11. The van der Waals surface area contributed by atoms with Gasteiger partial charge in [-0.05, 0) is 24.6 Å². The van der Waals surface area contributed by atoms with Crippen molar-refractivity contribution in [2.75, 3.05) is 17.2 Å². The van der Waals surface area contributed by atoms with Gasteiger partial charge in [0.25, 0.3) is 5.91 Å². The highest BCUT2D eigenvalue weighted by molar-refractivity contribution is 6.06. The first-order valence-electron chi connectivity index (χ1n) is 6.47. The van der Waals surface area contributed by atoms with E-state index in [4.69, 9.17) is 5.26 Å². The fourth-order valence-electron chi connectivity index (χ4n) is 1.79. The molecule has 5 nitrogen and oxygen atoms in total. The van der Waals surface area contributed by atoms with E-state index in [9.17, 15) is 4.79 Å². The Balaban J connectivity index is 2.13. The molecule has 0 bridgehead atoms. The normalized spacial score (nSPS) is 9.80. The molecule has 0 aliphatic carbocycles. The van der Waals surface area contributed by atoms with Crippen molar-refractivity contribution in [1.82, 2.24) is 4.98 Å². The van der Waals surface area contributed by atoms with Crippen LogP contribution in [0, 0.1) is 11.3 Å². The molecule has 0 aliphatic rings. The van der Waals surface area contributed by atoms with Crippen molar-refractivity contribution in [3.8, 4) is 6.07 Å². The number of carbonyl (C=O) groups is 1. The van der Waals surface area contributed by atoms with Gasteiger partial charge in [-0.25, -0.2) is 0 Å². The summed E-state index contributed by atoms with van der Waals surface area (Å²) in [5.74, 6) is -0.242. The molecule has 0 fully saturated rings. The summed E-state index contributed by atoms with van der Waals surface area (Å²) < 4.78 is 0. The first kappa shape index (κ1) is 13.7. The third-order valence-electron chi connectivity index (χ3n) is 2.81. The van der Waals surface area contributed by atoms with Crippen LogP contribution in [0.4, 0.5) is 11.4 Å². The topological polar surface area (TPSA) is 80.7 Å². The standard InChI is InChI=1S/C15H16N4O/c1-2-7-17-13-5-3-4-6-14(13)19-15(20)11-8-12(9-16)18-10-11/h3-6,8,10,17-18H,2,7H2,1H3,(H,19,20). The van der Waals surface area contributed by atoms with E-state index in [1.807, 2.05) is 30.3 Å². The molecule has 1 aromatic heterocycles. The van der Waals surface area contributed by atoms with Crippen LogP contribution in [0.3, 0.4) is 0 Å². The minimum absolute atomic E-state index is 0.242. The van der Waals surface area contributed by atoms with Crippen molar-refractivity contribution in [3.05, 3.63) is 47.8 Å². The fourth-order valence-corrected chi connectivity index (χ4v) is 1.79. The number of benzene rings is 1. The number of hydrogen-bond donors (Lipinski definition) is 3. The van der Waals surface area contributed by atoms with Crippen molar-refractivity contribution in [2.24, 2.45) is 0 Å². The van der Waals surface area contributed by atoms with Gasteiger partial charge in [-0.3, -0.25) is 4.79 Å². The van der Waals surface area contributed by atoms with Crippen molar-refractivity contribution in [3.63, 3.8) is 0 Å². The summed E-state index contributed by atoms with van der Waals surface area (Å²) in [4.78, 5) is 14.8. The number of rotatable bonds is 5. The molecule has 102 valence electrons. The molecule has 0 atom stereocenters. The largest absolute Gasteiger partial charge is 0.383 e. The summed E-state index contributed by atoms with van der Waals surface area (Å²) >= 11 is 0. The molecule has 0 radical (unpaired) electrons. The second kappa shape index (κ2) is 6.43. The molecule has 5 heteroatoms. The lowest BCUT2D eigenvalue weighted by Crippen LogP contribution is -2.13. The van der Waals surface area contributed by atoms with Gasteiger partial charge in [-0.1, -0.05) is 19.1 Å². The molecule has 0 saturated heterocycles. The number of nitriles is 1. The number of hydrogen-bond acceptors (Lipinski definition) is 3. The summed E-state index contributed by atoms with van der Waals surface area (Å²) in [6.45, 7) is 2.92. The molecule has 1 aromatic carbocycles. The number of nitrogens with one attached hydrogen (secondary N) is 3. The number of aromatic nitrogens is 1. The van der Waals surface area contributed by atoms with E-state index in [2.05, 4.69) is 22.5 Å². The summed E-state index contributed by atoms with van der Waals surface area (Å²) in [6, 6.07) is 11.0. The zero-order valence-electron chi connectivity index (χ0n) is 11.2. The molecule has 1 heterocycles. The van der Waals surface area contributed by atoms with E-state index in [1.165, 1.54) is 12.3 Å². The van der Waals surface area contributed by atoms with Crippen LogP contribution in [0.15, 0.2) is 36.5 Å². The lowest BCUT2D eigenvalue weighted by atomic mass is 10.2. The minimum atomic E-state index is -0.242. The Morgan fingerprint density at radius 1 is 1.35 bits per heavy atom. The van der Waals surface area contributed by atoms with E-state index in [0.717, 1.165) is 24.3 Å². The second-order valence-electron chi connectivity index (χ2n) is 4.34. The maximum atomic E-state index is 12.1. The van der Waals surface area contributed by atoms with Gasteiger partial charge in [-0.15, -0.1) is 0 Å². The summed E-state index contributed by atoms with van der Waals surface area (Å²) in [5.41, 5.74) is 2.42. The third-order valence-corrected chi connectivity index (χ3v) is 2.81. The van der Waals surface area contributed by atoms with Crippen LogP contribution in [0.5, 0.6) is 0 Å². The Hall–Kier alpha value is -2.74. The predicted octanol–water partition coefficient (Wildman–Crippen LogP) is 2.96. The molecule has 1 amide bonds. The van der Waals surface area contributed by atoms with Gasteiger partial charge in [0.05, 0.1) is 16.9 Å². The maximum Gasteiger partial charge on any atom is 0.257 e. The van der Waals surface area contributed by atoms with Crippen LogP contribution in [0.1, 0.15) is 29.4 Å². The molecule has 3 N–H and O–H groups in total. The van der Waals surface area contributed by atoms with Gasteiger partial charge < -0.3 is 15.6 Å². The molecule has 2 aromatic rings. The number of anilines is 2. The molecule has 20 heavy (non-hydrogen) atoms. The van der Waals surface area contributed by atoms with Gasteiger partial charge in [-0.2, -0.15) is 5.26 Å². The van der Waals surface area contributed by atoms with Gasteiger partial charge >= 0.3 is 0 Å². The van der Waals surface area contributed by atoms with Crippen LogP contribution in [0.2, 0.25) is 0 Å². The van der Waals surface area contributed by atoms with Crippen LogP contribution >= 0.6 is 0 Å². The highest BCUT2D eigenvalue weighted by atomic mass is 16.1. The van der Waals surface area contributed by atoms with E-state index in [-0.39, 0.29) is 5.91 Å². The van der Waals surface area contributed by atoms with E-state index >= 15 is 0 Å². The molecular formula is C15H16N4O. The van der Waals surface area contributed by atoms with Crippen LogP contribution in [-0.4, -0.2) is 17.4 Å². The molecule has 0 saturated carbocycles. The van der Waals surface area contributed by atoms with Gasteiger partial charge in [0.1, 0.15) is 11.8 Å². The predicted molar refractivity (Wildman–Crippen MR) is 78.7 cm³/mol. The number of carbonyl (C=O) groups excluding carboxylic acids is 1. The lowest BCUT2D eigenvalue weighted by molar-refractivity contribution is 0.102. The summed E-state index contributed by atoms with van der Waals surface area (Å²) in [5, 5.41) is 14.8. The van der Waals surface area contributed by atoms with Crippen LogP contribution in [0.25, 0.3) is 0 Å². The van der Waals surface area contributed by atoms with E-state index in [1.54, 1.807) is 0 Å². The summed E-state index contributed by atoms with van der Waals surface area (Å²) in [7, 11) is 0. The third kappa shape index (κ3) is 3.18. The Bertz CT molecular complexity index is 639. The first-order valence-corrected chi connectivity index (χ1v) is 6.47. The Morgan fingerprint density at radius 2 is 2.10 bits per heavy atom. The molecular weight excluding hydrogens is 252 g/mol.